The minimum Gasteiger partial charge on any atom is -0.349 e. The minimum absolute atomic E-state index is 0.167. The summed E-state index contributed by atoms with van der Waals surface area (Å²) < 4.78 is 25.3. The van der Waals surface area contributed by atoms with Crippen LogP contribution in [0, 0.1) is 11.6 Å². The fourth-order valence-electron chi connectivity index (χ4n) is 1.01. The Labute approximate surface area is 85.1 Å². The van der Waals surface area contributed by atoms with Crippen molar-refractivity contribution < 1.29 is 18.4 Å². The molecule has 1 amide bonds. The zero-order valence-electron chi connectivity index (χ0n) is 8.01. The van der Waals surface area contributed by atoms with Crippen LogP contribution in [0.4, 0.5) is 8.78 Å². The highest BCUT2D eigenvalue weighted by Gasteiger charge is 2.16. The highest BCUT2D eigenvalue weighted by molar-refractivity contribution is 6.42. The van der Waals surface area contributed by atoms with E-state index >= 15 is 0 Å². The minimum atomic E-state index is -1.15. The SMILES string of the molecule is CCNC(=O)C(=O)c1ccc(F)c(F)c1. The number of ketones is 1. The van der Waals surface area contributed by atoms with Crippen molar-refractivity contribution in [2.75, 3.05) is 6.54 Å². The summed E-state index contributed by atoms with van der Waals surface area (Å²) in [4.78, 5) is 22.4. The normalized spacial score (nSPS) is 9.80. The number of likely N-dealkylation sites (N-methyl/N-ethyl adjacent to an activating group) is 1. The van der Waals surface area contributed by atoms with Crippen molar-refractivity contribution in [2.45, 2.75) is 6.92 Å². The number of amides is 1. The van der Waals surface area contributed by atoms with E-state index in [-0.39, 0.29) is 5.56 Å². The molecule has 15 heavy (non-hydrogen) atoms. The Morgan fingerprint density at radius 1 is 1.27 bits per heavy atom. The molecule has 0 saturated carbocycles. The Hall–Kier alpha value is -1.78. The first kappa shape index (κ1) is 11.3. The van der Waals surface area contributed by atoms with Crippen LogP contribution in [0.25, 0.3) is 0 Å². The van der Waals surface area contributed by atoms with Gasteiger partial charge in [-0.3, -0.25) is 9.59 Å². The standard InChI is InChI=1S/C10H9F2NO2/c1-2-13-10(15)9(14)6-3-4-7(11)8(12)5-6/h3-5H,2H2,1H3,(H,13,15). The van der Waals surface area contributed by atoms with E-state index < -0.39 is 23.3 Å². The van der Waals surface area contributed by atoms with Gasteiger partial charge in [0.05, 0.1) is 0 Å². The quantitative estimate of drug-likeness (QED) is 0.607. The number of carbonyl (C=O) groups is 2. The maximum atomic E-state index is 12.7. The molecule has 1 aromatic rings. The Morgan fingerprint density at radius 2 is 1.93 bits per heavy atom. The van der Waals surface area contributed by atoms with Crippen molar-refractivity contribution in [1.82, 2.24) is 5.32 Å². The third-order valence-electron chi connectivity index (χ3n) is 1.73. The van der Waals surface area contributed by atoms with E-state index in [1.807, 2.05) is 0 Å². The fraction of sp³-hybridized carbons (Fsp3) is 0.200. The number of hydrogen-bond donors (Lipinski definition) is 1. The monoisotopic (exact) mass is 213 g/mol. The topological polar surface area (TPSA) is 46.2 Å². The number of benzene rings is 1. The molecular formula is C10H9F2NO2. The number of Topliss-reactive ketones (excluding diaryl/α,β-unsaturated/α-hetero) is 1. The second kappa shape index (κ2) is 4.63. The summed E-state index contributed by atoms with van der Waals surface area (Å²) in [5.41, 5.74) is -0.167. The van der Waals surface area contributed by atoms with Crippen LogP contribution in [0.15, 0.2) is 18.2 Å². The van der Waals surface area contributed by atoms with E-state index in [0.29, 0.717) is 12.6 Å². The van der Waals surface area contributed by atoms with Gasteiger partial charge in [0.2, 0.25) is 5.78 Å². The Bertz CT molecular complexity index is 404. The Balaban J connectivity index is 2.92. The number of hydrogen-bond acceptors (Lipinski definition) is 2. The molecule has 0 aliphatic heterocycles. The lowest BCUT2D eigenvalue weighted by Crippen LogP contribution is -2.30. The van der Waals surface area contributed by atoms with Crippen molar-refractivity contribution in [3.8, 4) is 0 Å². The van der Waals surface area contributed by atoms with Crippen LogP contribution in [-0.4, -0.2) is 18.2 Å². The predicted octanol–water partition coefficient (Wildman–Crippen LogP) is 1.28. The molecule has 0 radical (unpaired) electrons. The molecule has 0 aromatic heterocycles. The summed E-state index contributed by atoms with van der Waals surface area (Å²) in [7, 11) is 0. The summed E-state index contributed by atoms with van der Waals surface area (Å²) in [5, 5.41) is 2.27. The molecule has 3 nitrogen and oxygen atoms in total. The maximum Gasteiger partial charge on any atom is 0.292 e. The van der Waals surface area contributed by atoms with E-state index in [1.54, 1.807) is 6.92 Å². The zero-order chi connectivity index (χ0) is 11.4. The maximum absolute atomic E-state index is 12.7. The lowest BCUT2D eigenvalue weighted by molar-refractivity contribution is -0.116. The molecule has 1 N–H and O–H groups in total. The van der Waals surface area contributed by atoms with Gasteiger partial charge < -0.3 is 5.32 Å². The van der Waals surface area contributed by atoms with Gasteiger partial charge in [-0.15, -0.1) is 0 Å². The highest BCUT2D eigenvalue weighted by Crippen LogP contribution is 2.09. The number of carbonyl (C=O) groups excluding carboxylic acids is 2. The first-order valence-corrected chi connectivity index (χ1v) is 4.33. The molecule has 0 atom stereocenters. The molecule has 0 aliphatic carbocycles. The molecule has 5 heteroatoms. The summed E-state index contributed by atoms with van der Waals surface area (Å²) >= 11 is 0. The molecule has 0 saturated heterocycles. The largest absolute Gasteiger partial charge is 0.349 e. The number of rotatable bonds is 3. The van der Waals surface area contributed by atoms with E-state index in [9.17, 15) is 18.4 Å². The zero-order valence-corrected chi connectivity index (χ0v) is 8.01. The molecule has 1 aromatic carbocycles. The fourth-order valence-corrected chi connectivity index (χ4v) is 1.01. The van der Waals surface area contributed by atoms with Gasteiger partial charge in [0.15, 0.2) is 11.6 Å². The van der Waals surface area contributed by atoms with Gasteiger partial charge in [0.25, 0.3) is 5.91 Å². The summed E-state index contributed by atoms with van der Waals surface area (Å²) in [6.07, 6.45) is 0. The Kier molecular flexibility index (Phi) is 3.49. The van der Waals surface area contributed by atoms with Gasteiger partial charge in [-0.2, -0.15) is 0 Å². The van der Waals surface area contributed by atoms with E-state index in [4.69, 9.17) is 0 Å². The van der Waals surface area contributed by atoms with Crippen molar-refractivity contribution in [2.24, 2.45) is 0 Å². The van der Waals surface area contributed by atoms with E-state index in [0.717, 1.165) is 12.1 Å². The van der Waals surface area contributed by atoms with Gasteiger partial charge in [-0.05, 0) is 25.1 Å². The second-order valence-corrected chi connectivity index (χ2v) is 2.82. The van der Waals surface area contributed by atoms with Crippen LogP contribution < -0.4 is 5.32 Å². The third-order valence-corrected chi connectivity index (χ3v) is 1.73. The molecule has 1 rings (SSSR count). The number of nitrogens with one attached hydrogen (secondary N) is 1. The van der Waals surface area contributed by atoms with Crippen LogP contribution in [0.1, 0.15) is 17.3 Å². The Morgan fingerprint density at radius 3 is 2.47 bits per heavy atom. The lowest BCUT2D eigenvalue weighted by atomic mass is 10.1. The molecule has 80 valence electrons. The van der Waals surface area contributed by atoms with Gasteiger partial charge in [-0.25, -0.2) is 8.78 Å². The predicted molar refractivity (Wildman–Crippen MR) is 49.4 cm³/mol. The van der Waals surface area contributed by atoms with Crippen LogP contribution in [0.5, 0.6) is 0 Å². The number of halogens is 2. The van der Waals surface area contributed by atoms with E-state index in [2.05, 4.69) is 5.32 Å². The van der Waals surface area contributed by atoms with Crippen LogP contribution >= 0.6 is 0 Å². The molecule has 0 aliphatic rings. The summed E-state index contributed by atoms with van der Waals surface area (Å²) in [5.74, 6) is -3.91. The second-order valence-electron chi connectivity index (χ2n) is 2.82. The van der Waals surface area contributed by atoms with Crippen molar-refractivity contribution in [1.29, 1.82) is 0 Å². The average Bonchev–Trinajstić information content (AvgIpc) is 2.21. The first-order chi connectivity index (χ1) is 7.06. The lowest BCUT2D eigenvalue weighted by Gasteiger charge is -2.01. The van der Waals surface area contributed by atoms with Crippen LogP contribution in [0.3, 0.4) is 0 Å². The molecule has 0 fully saturated rings. The average molecular weight is 213 g/mol. The van der Waals surface area contributed by atoms with Crippen LogP contribution in [-0.2, 0) is 4.79 Å². The molecule has 0 bridgehead atoms. The van der Waals surface area contributed by atoms with E-state index in [1.165, 1.54) is 0 Å². The highest BCUT2D eigenvalue weighted by atomic mass is 19.2. The van der Waals surface area contributed by atoms with Gasteiger partial charge in [0, 0.05) is 12.1 Å². The van der Waals surface area contributed by atoms with Gasteiger partial charge in [-0.1, -0.05) is 0 Å². The first-order valence-electron chi connectivity index (χ1n) is 4.33. The summed E-state index contributed by atoms with van der Waals surface area (Å²) in [6, 6.07) is 2.57. The van der Waals surface area contributed by atoms with Crippen molar-refractivity contribution in [3.05, 3.63) is 35.4 Å². The summed E-state index contributed by atoms with van der Waals surface area (Å²) in [6.45, 7) is 1.95. The van der Waals surface area contributed by atoms with Gasteiger partial charge in [0.1, 0.15) is 0 Å². The van der Waals surface area contributed by atoms with Gasteiger partial charge >= 0.3 is 0 Å². The molecular weight excluding hydrogens is 204 g/mol. The third kappa shape index (κ3) is 2.59. The van der Waals surface area contributed by atoms with Crippen LogP contribution in [0.2, 0.25) is 0 Å². The van der Waals surface area contributed by atoms with Crippen molar-refractivity contribution >= 4 is 11.7 Å². The molecule has 0 unspecified atom stereocenters. The smallest absolute Gasteiger partial charge is 0.292 e. The molecule has 0 spiro atoms. The van der Waals surface area contributed by atoms with Crippen molar-refractivity contribution in [3.63, 3.8) is 0 Å². The molecule has 0 heterocycles.